The number of piperidine rings is 1. The fourth-order valence-corrected chi connectivity index (χ4v) is 3.58. The Morgan fingerprint density at radius 3 is 2.41 bits per heavy atom. The lowest BCUT2D eigenvalue weighted by molar-refractivity contribution is 0.0650. The molecule has 1 amide bonds. The summed E-state index contributed by atoms with van der Waals surface area (Å²) in [5.41, 5.74) is 2.06. The number of benzene rings is 2. The molecule has 27 heavy (non-hydrogen) atoms. The molecule has 0 spiro atoms. The van der Waals surface area contributed by atoms with Crippen LogP contribution in [0.5, 0.6) is 0 Å². The third-order valence-electron chi connectivity index (χ3n) is 4.95. The van der Waals surface area contributed by atoms with Crippen molar-refractivity contribution in [3.05, 3.63) is 69.2 Å². The van der Waals surface area contributed by atoms with Gasteiger partial charge in [0, 0.05) is 35.2 Å². The summed E-state index contributed by atoms with van der Waals surface area (Å²) in [6, 6.07) is 11.8. The molecule has 0 unspecified atom stereocenters. The molecule has 1 N–H and O–H groups in total. The lowest BCUT2D eigenvalue weighted by atomic mass is 9.88. The normalized spacial score (nSPS) is 15.2. The zero-order valence-corrected chi connectivity index (χ0v) is 15.2. The molecule has 0 aliphatic carbocycles. The van der Waals surface area contributed by atoms with E-state index in [9.17, 15) is 14.4 Å². The monoisotopic (exact) mass is 384 g/mol. The van der Waals surface area contributed by atoms with E-state index in [1.165, 1.54) is 0 Å². The number of Topliss-reactive ketones (excluding diaryl/α,β-unsaturated/α-hetero) is 1. The van der Waals surface area contributed by atoms with Crippen molar-refractivity contribution >= 4 is 34.4 Å². The molecule has 0 atom stereocenters. The van der Waals surface area contributed by atoms with Crippen molar-refractivity contribution in [3.8, 4) is 0 Å². The van der Waals surface area contributed by atoms with Gasteiger partial charge in [0.15, 0.2) is 11.4 Å². The predicted molar refractivity (Wildman–Crippen MR) is 101 cm³/mol. The van der Waals surface area contributed by atoms with Gasteiger partial charge in [-0.3, -0.25) is 14.6 Å². The number of oxazole rings is 1. The number of ketones is 1. The fourth-order valence-electron chi connectivity index (χ4n) is 3.45. The number of amides is 1. The van der Waals surface area contributed by atoms with Gasteiger partial charge in [-0.15, -0.1) is 0 Å². The number of aromatic nitrogens is 1. The van der Waals surface area contributed by atoms with Gasteiger partial charge < -0.3 is 9.32 Å². The van der Waals surface area contributed by atoms with Crippen LogP contribution in [0.1, 0.15) is 33.6 Å². The summed E-state index contributed by atoms with van der Waals surface area (Å²) < 4.78 is 5.03. The van der Waals surface area contributed by atoms with Crippen molar-refractivity contribution in [3.63, 3.8) is 0 Å². The van der Waals surface area contributed by atoms with Gasteiger partial charge >= 0.3 is 5.76 Å². The molecule has 2 aromatic carbocycles. The average molecular weight is 385 g/mol. The zero-order chi connectivity index (χ0) is 19.0. The molecular formula is C20H17ClN2O4. The number of nitrogens with one attached hydrogen (secondary N) is 1. The van der Waals surface area contributed by atoms with Crippen LogP contribution >= 0.6 is 11.6 Å². The molecule has 0 saturated carbocycles. The molecule has 7 heteroatoms. The Morgan fingerprint density at radius 2 is 1.70 bits per heavy atom. The van der Waals surface area contributed by atoms with Crippen molar-refractivity contribution in [2.45, 2.75) is 12.8 Å². The van der Waals surface area contributed by atoms with Crippen molar-refractivity contribution in [2.24, 2.45) is 5.92 Å². The number of fused-ring (bicyclic) bond motifs is 1. The highest BCUT2D eigenvalue weighted by atomic mass is 35.5. The smallest absolute Gasteiger partial charge is 0.408 e. The van der Waals surface area contributed by atoms with Gasteiger partial charge in [-0.1, -0.05) is 11.6 Å². The van der Waals surface area contributed by atoms with Gasteiger partial charge in [0.05, 0.1) is 5.52 Å². The van der Waals surface area contributed by atoms with Crippen LogP contribution in [-0.2, 0) is 0 Å². The standard InChI is InChI=1S/C20H17ClN2O4/c21-15-4-1-13(2-5-15)19(25)23-9-7-12(8-10-23)18(24)14-3-6-16-17(11-14)27-20(26)22-16/h1-6,11-12H,7-10H2,(H,22,26). The second kappa shape index (κ2) is 7.04. The van der Waals surface area contributed by atoms with Crippen LogP contribution in [-0.4, -0.2) is 34.7 Å². The predicted octanol–water partition coefficient (Wildman–Crippen LogP) is 3.51. The van der Waals surface area contributed by atoms with E-state index >= 15 is 0 Å². The first-order chi connectivity index (χ1) is 13.0. The summed E-state index contributed by atoms with van der Waals surface area (Å²) in [6.07, 6.45) is 1.21. The Balaban J connectivity index is 1.43. The summed E-state index contributed by atoms with van der Waals surface area (Å²) in [5.74, 6) is -0.724. The van der Waals surface area contributed by atoms with E-state index in [-0.39, 0.29) is 17.6 Å². The van der Waals surface area contributed by atoms with Crippen LogP contribution in [0.15, 0.2) is 51.7 Å². The van der Waals surface area contributed by atoms with Crippen LogP contribution in [0.3, 0.4) is 0 Å². The van der Waals surface area contributed by atoms with Crippen molar-refractivity contribution in [1.29, 1.82) is 0 Å². The first-order valence-corrected chi connectivity index (χ1v) is 9.11. The van der Waals surface area contributed by atoms with Gasteiger partial charge in [0.1, 0.15) is 0 Å². The van der Waals surface area contributed by atoms with Crippen LogP contribution < -0.4 is 5.76 Å². The highest BCUT2D eigenvalue weighted by Gasteiger charge is 2.28. The number of rotatable bonds is 3. The summed E-state index contributed by atoms with van der Waals surface area (Å²) >= 11 is 5.86. The number of halogens is 1. The van der Waals surface area contributed by atoms with E-state index in [1.54, 1.807) is 47.4 Å². The maximum atomic E-state index is 12.8. The molecule has 1 saturated heterocycles. The second-order valence-electron chi connectivity index (χ2n) is 6.66. The van der Waals surface area contributed by atoms with E-state index < -0.39 is 5.76 Å². The second-order valence-corrected chi connectivity index (χ2v) is 7.10. The Kier molecular flexibility index (Phi) is 4.58. The van der Waals surface area contributed by atoms with Gasteiger partial charge in [-0.25, -0.2) is 4.79 Å². The Hall–Kier alpha value is -2.86. The Bertz CT molecular complexity index is 1060. The molecule has 1 aliphatic heterocycles. The Morgan fingerprint density at radius 1 is 1.04 bits per heavy atom. The minimum absolute atomic E-state index is 0.0133. The average Bonchev–Trinajstić information content (AvgIpc) is 3.07. The first kappa shape index (κ1) is 17.5. The summed E-state index contributed by atoms with van der Waals surface area (Å²) in [4.78, 5) is 40.9. The number of nitrogens with zero attached hydrogens (tertiary/aromatic N) is 1. The van der Waals surface area contributed by atoms with Crippen molar-refractivity contribution in [2.75, 3.05) is 13.1 Å². The molecule has 4 rings (SSSR count). The van der Waals surface area contributed by atoms with Crippen LogP contribution in [0.25, 0.3) is 11.1 Å². The zero-order valence-electron chi connectivity index (χ0n) is 14.4. The number of hydrogen-bond donors (Lipinski definition) is 1. The van der Waals surface area contributed by atoms with Gasteiger partial charge in [0.2, 0.25) is 0 Å². The lowest BCUT2D eigenvalue weighted by Gasteiger charge is -2.31. The molecule has 1 aromatic heterocycles. The van der Waals surface area contributed by atoms with E-state index in [0.29, 0.717) is 53.2 Å². The molecule has 1 fully saturated rings. The molecule has 0 bridgehead atoms. The van der Waals surface area contributed by atoms with E-state index in [2.05, 4.69) is 4.98 Å². The minimum atomic E-state index is -0.538. The fraction of sp³-hybridized carbons (Fsp3) is 0.250. The van der Waals surface area contributed by atoms with E-state index in [4.69, 9.17) is 16.0 Å². The number of H-pyrrole nitrogens is 1. The van der Waals surface area contributed by atoms with Gasteiger partial charge in [0.25, 0.3) is 5.91 Å². The van der Waals surface area contributed by atoms with Crippen LogP contribution in [0, 0.1) is 5.92 Å². The number of likely N-dealkylation sites (tertiary alicyclic amines) is 1. The van der Waals surface area contributed by atoms with Crippen molar-refractivity contribution < 1.29 is 14.0 Å². The maximum absolute atomic E-state index is 12.8. The minimum Gasteiger partial charge on any atom is -0.408 e. The quantitative estimate of drug-likeness (QED) is 0.700. The molecule has 0 radical (unpaired) electrons. The molecule has 3 aromatic rings. The summed E-state index contributed by atoms with van der Waals surface area (Å²) in [5, 5.41) is 0.589. The lowest BCUT2D eigenvalue weighted by Crippen LogP contribution is -2.40. The molecule has 138 valence electrons. The van der Waals surface area contributed by atoms with Crippen LogP contribution in [0.2, 0.25) is 5.02 Å². The van der Waals surface area contributed by atoms with E-state index in [1.807, 2.05) is 0 Å². The third-order valence-corrected chi connectivity index (χ3v) is 5.20. The molecule has 6 nitrogen and oxygen atoms in total. The molecule has 1 aliphatic rings. The Labute approximate surface area is 159 Å². The number of carbonyl (C=O) groups excluding carboxylic acids is 2. The molecule has 2 heterocycles. The summed E-state index contributed by atoms with van der Waals surface area (Å²) in [7, 11) is 0. The van der Waals surface area contributed by atoms with Crippen LogP contribution in [0.4, 0.5) is 0 Å². The van der Waals surface area contributed by atoms with Gasteiger partial charge in [-0.2, -0.15) is 0 Å². The van der Waals surface area contributed by atoms with Gasteiger partial charge in [-0.05, 0) is 55.3 Å². The van der Waals surface area contributed by atoms with Crippen molar-refractivity contribution in [1.82, 2.24) is 9.88 Å². The number of hydrogen-bond acceptors (Lipinski definition) is 4. The highest BCUT2D eigenvalue weighted by molar-refractivity contribution is 6.30. The highest BCUT2D eigenvalue weighted by Crippen LogP contribution is 2.24. The first-order valence-electron chi connectivity index (χ1n) is 8.73. The summed E-state index contributed by atoms with van der Waals surface area (Å²) in [6.45, 7) is 1.05. The SMILES string of the molecule is O=C(c1ccc2[nH]c(=O)oc2c1)C1CCN(C(=O)c2ccc(Cl)cc2)CC1. The largest absolute Gasteiger partial charge is 0.417 e. The maximum Gasteiger partial charge on any atom is 0.417 e. The molecular weight excluding hydrogens is 368 g/mol. The van der Waals surface area contributed by atoms with E-state index in [0.717, 1.165) is 0 Å². The number of aromatic amines is 1. The number of carbonyl (C=O) groups is 2. The third kappa shape index (κ3) is 3.53. The topological polar surface area (TPSA) is 83.4 Å².